The van der Waals surface area contributed by atoms with Gasteiger partial charge in [0.25, 0.3) is 5.91 Å². The number of carbonyl (C=O) groups is 1. The summed E-state index contributed by atoms with van der Waals surface area (Å²) in [5.41, 5.74) is 0. The molecular weight excluding hydrogens is 373 g/mol. The first kappa shape index (κ1) is 18.9. The Bertz CT molecular complexity index is 967. The molecular formula is C21H22FN5O2. The topological polar surface area (TPSA) is 63.5 Å². The molecule has 0 aliphatic carbocycles. The molecule has 0 spiro atoms. The van der Waals surface area contributed by atoms with Gasteiger partial charge in [-0.25, -0.2) is 14.4 Å². The van der Waals surface area contributed by atoms with Gasteiger partial charge in [-0.05, 0) is 43.3 Å². The van der Waals surface area contributed by atoms with Crippen molar-refractivity contribution < 1.29 is 13.9 Å². The summed E-state index contributed by atoms with van der Waals surface area (Å²) >= 11 is 0. The fourth-order valence-corrected chi connectivity index (χ4v) is 3.27. The second kappa shape index (κ2) is 8.30. The van der Waals surface area contributed by atoms with Gasteiger partial charge >= 0.3 is 0 Å². The monoisotopic (exact) mass is 395 g/mol. The zero-order chi connectivity index (χ0) is 20.2. The molecule has 0 unspecified atom stereocenters. The smallest absolute Gasteiger partial charge is 0.260 e. The van der Waals surface area contributed by atoms with Gasteiger partial charge in [0.1, 0.15) is 29.0 Å². The van der Waals surface area contributed by atoms with Crippen LogP contribution in [0.15, 0.2) is 54.9 Å². The highest BCUT2D eigenvalue weighted by Crippen LogP contribution is 2.18. The van der Waals surface area contributed by atoms with Gasteiger partial charge in [0.05, 0.1) is 0 Å². The summed E-state index contributed by atoms with van der Waals surface area (Å²) in [5, 5.41) is 0. The van der Waals surface area contributed by atoms with Crippen molar-refractivity contribution in [1.82, 2.24) is 19.4 Å². The lowest BCUT2D eigenvalue weighted by Gasteiger charge is -2.35. The summed E-state index contributed by atoms with van der Waals surface area (Å²) in [7, 11) is 0. The molecule has 8 heteroatoms. The van der Waals surface area contributed by atoms with Crippen LogP contribution in [-0.2, 0) is 4.79 Å². The second-order valence-corrected chi connectivity index (χ2v) is 6.83. The van der Waals surface area contributed by atoms with E-state index in [1.807, 2.05) is 42.1 Å². The van der Waals surface area contributed by atoms with Crippen molar-refractivity contribution in [3.8, 4) is 11.6 Å². The third-order valence-corrected chi connectivity index (χ3v) is 4.81. The largest absolute Gasteiger partial charge is 0.484 e. The van der Waals surface area contributed by atoms with E-state index in [0.717, 1.165) is 11.6 Å². The molecule has 2 aromatic heterocycles. The molecule has 1 saturated heterocycles. The highest BCUT2D eigenvalue weighted by Gasteiger charge is 2.23. The zero-order valence-corrected chi connectivity index (χ0v) is 16.2. The second-order valence-electron chi connectivity index (χ2n) is 6.83. The fraction of sp³-hybridized carbons (Fsp3) is 0.286. The molecule has 4 rings (SSSR count). The number of carbonyl (C=O) groups excluding carboxylic acids is 1. The van der Waals surface area contributed by atoms with Crippen molar-refractivity contribution in [2.75, 3.05) is 37.7 Å². The zero-order valence-electron chi connectivity index (χ0n) is 16.2. The number of rotatable bonds is 5. The van der Waals surface area contributed by atoms with E-state index < -0.39 is 0 Å². The first-order valence-electron chi connectivity index (χ1n) is 9.48. The summed E-state index contributed by atoms with van der Waals surface area (Å²) in [4.78, 5) is 25.4. The number of hydrogen-bond donors (Lipinski definition) is 0. The molecule has 0 saturated carbocycles. The van der Waals surface area contributed by atoms with Crippen LogP contribution in [0.2, 0.25) is 0 Å². The number of aryl methyl sites for hydroxylation is 1. The predicted molar refractivity (Wildman–Crippen MR) is 107 cm³/mol. The average molecular weight is 395 g/mol. The summed E-state index contributed by atoms with van der Waals surface area (Å²) in [6.07, 6.45) is 3.90. The molecule has 29 heavy (non-hydrogen) atoms. The van der Waals surface area contributed by atoms with Crippen LogP contribution in [0.5, 0.6) is 5.75 Å². The molecule has 3 aromatic rings. The number of hydrogen-bond acceptors (Lipinski definition) is 5. The lowest BCUT2D eigenvalue weighted by molar-refractivity contribution is -0.133. The van der Waals surface area contributed by atoms with Crippen molar-refractivity contribution in [2.24, 2.45) is 0 Å². The minimum absolute atomic E-state index is 0.0595. The lowest BCUT2D eigenvalue weighted by atomic mass is 10.3. The molecule has 3 heterocycles. The van der Waals surface area contributed by atoms with Crippen LogP contribution in [-0.4, -0.2) is 58.1 Å². The number of benzene rings is 1. The molecule has 1 aromatic carbocycles. The Hall–Kier alpha value is -3.42. The number of nitrogens with zero attached hydrogens (tertiary/aromatic N) is 5. The van der Waals surface area contributed by atoms with Gasteiger partial charge < -0.3 is 19.1 Å². The number of ether oxygens (including phenoxy) is 1. The van der Waals surface area contributed by atoms with Crippen molar-refractivity contribution in [3.05, 3.63) is 66.5 Å². The van der Waals surface area contributed by atoms with Crippen LogP contribution in [0.3, 0.4) is 0 Å². The van der Waals surface area contributed by atoms with Gasteiger partial charge in [0, 0.05) is 44.6 Å². The van der Waals surface area contributed by atoms with E-state index in [1.54, 1.807) is 4.90 Å². The van der Waals surface area contributed by atoms with E-state index in [4.69, 9.17) is 4.74 Å². The van der Waals surface area contributed by atoms with E-state index in [2.05, 4.69) is 14.9 Å². The molecule has 150 valence electrons. The Morgan fingerprint density at radius 2 is 1.69 bits per heavy atom. The van der Waals surface area contributed by atoms with Crippen LogP contribution in [0.1, 0.15) is 5.82 Å². The predicted octanol–water partition coefficient (Wildman–Crippen LogP) is 2.44. The molecule has 1 amide bonds. The number of piperazine rings is 1. The van der Waals surface area contributed by atoms with E-state index in [9.17, 15) is 9.18 Å². The molecule has 7 nitrogen and oxygen atoms in total. The summed E-state index contributed by atoms with van der Waals surface area (Å²) in [5.74, 6) is 2.45. The van der Waals surface area contributed by atoms with Gasteiger partial charge in [-0.15, -0.1) is 0 Å². The maximum absolute atomic E-state index is 12.9. The van der Waals surface area contributed by atoms with Gasteiger partial charge in [-0.2, -0.15) is 0 Å². The highest BCUT2D eigenvalue weighted by atomic mass is 19.1. The molecule has 0 atom stereocenters. The number of anilines is 1. The fourth-order valence-electron chi connectivity index (χ4n) is 3.27. The molecule has 0 radical (unpaired) electrons. The standard InChI is InChI=1S/C21H22FN5O2/c1-16-23-19(25-8-2-3-9-25)14-20(24-16)26-10-12-27(13-11-26)21(28)15-29-18-6-4-17(22)5-7-18/h2-9,14H,10-13,15H2,1H3. The SMILES string of the molecule is Cc1nc(N2CCN(C(=O)COc3ccc(F)cc3)CC2)cc(-n2cccc2)n1. The van der Waals surface area contributed by atoms with Gasteiger partial charge in [0.15, 0.2) is 6.61 Å². The van der Waals surface area contributed by atoms with Crippen molar-refractivity contribution in [1.29, 1.82) is 0 Å². The quantitative estimate of drug-likeness (QED) is 0.664. The van der Waals surface area contributed by atoms with Crippen LogP contribution in [0.25, 0.3) is 5.82 Å². The van der Waals surface area contributed by atoms with Crippen LogP contribution >= 0.6 is 0 Å². The maximum atomic E-state index is 12.9. The minimum atomic E-state index is -0.334. The molecule has 0 bridgehead atoms. The number of aromatic nitrogens is 3. The Labute approximate surface area is 168 Å². The minimum Gasteiger partial charge on any atom is -0.484 e. The van der Waals surface area contributed by atoms with E-state index in [0.29, 0.717) is 37.8 Å². The Morgan fingerprint density at radius 3 is 2.38 bits per heavy atom. The number of halogens is 1. The van der Waals surface area contributed by atoms with Crippen LogP contribution < -0.4 is 9.64 Å². The van der Waals surface area contributed by atoms with E-state index >= 15 is 0 Å². The highest BCUT2D eigenvalue weighted by molar-refractivity contribution is 5.78. The lowest BCUT2D eigenvalue weighted by Crippen LogP contribution is -2.50. The molecule has 1 fully saturated rings. The van der Waals surface area contributed by atoms with Gasteiger partial charge in [-0.3, -0.25) is 4.79 Å². The Morgan fingerprint density at radius 1 is 1.03 bits per heavy atom. The molecule has 0 N–H and O–H groups in total. The van der Waals surface area contributed by atoms with E-state index in [-0.39, 0.29) is 18.3 Å². The van der Waals surface area contributed by atoms with Gasteiger partial charge in [0.2, 0.25) is 0 Å². The third kappa shape index (κ3) is 4.53. The van der Waals surface area contributed by atoms with Crippen molar-refractivity contribution in [2.45, 2.75) is 6.92 Å². The summed E-state index contributed by atoms with van der Waals surface area (Å²) < 4.78 is 20.4. The summed E-state index contributed by atoms with van der Waals surface area (Å²) in [6, 6.07) is 11.5. The van der Waals surface area contributed by atoms with Crippen LogP contribution in [0.4, 0.5) is 10.2 Å². The van der Waals surface area contributed by atoms with Crippen LogP contribution in [0, 0.1) is 12.7 Å². The Balaban J connectivity index is 1.34. The molecule has 1 aliphatic heterocycles. The van der Waals surface area contributed by atoms with Crippen molar-refractivity contribution >= 4 is 11.7 Å². The van der Waals surface area contributed by atoms with E-state index in [1.165, 1.54) is 24.3 Å². The molecule has 1 aliphatic rings. The first-order valence-corrected chi connectivity index (χ1v) is 9.48. The maximum Gasteiger partial charge on any atom is 0.260 e. The normalized spacial score (nSPS) is 14.1. The third-order valence-electron chi connectivity index (χ3n) is 4.81. The Kier molecular flexibility index (Phi) is 5.41. The summed E-state index contributed by atoms with van der Waals surface area (Å²) in [6.45, 7) is 4.37. The van der Waals surface area contributed by atoms with Gasteiger partial charge in [-0.1, -0.05) is 0 Å². The first-order chi connectivity index (χ1) is 14.1. The number of amides is 1. The van der Waals surface area contributed by atoms with Crippen molar-refractivity contribution in [3.63, 3.8) is 0 Å². The average Bonchev–Trinajstić information content (AvgIpc) is 3.28.